The molecule has 0 aliphatic rings. The summed E-state index contributed by atoms with van der Waals surface area (Å²) in [5, 5.41) is 0. The number of thiocarbonyl (C=S) groups is 1. The van der Waals surface area contributed by atoms with Crippen molar-refractivity contribution in [1.29, 1.82) is 0 Å². The van der Waals surface area contributed by atoms with Crippen LogP contribution in [0.25, 0.3) is 0 Å². The molecule has 2 rings (SSSR count). The molecule has 20 heavy (non-hydrogen) atoms. The van der Waals surface area contributed by atoms with Gasteiger partial charge in [-0.1, -0.05) is 29.9 Å². The molecule has 0 aliphatic carbocycles. The Labute approximate surface area is 125 Å². The molecule has 0 spiro atoms. The van der Waals surface area contributed by atoms with Gasteiger partial charge in [-0.25, -0.2) is 0 Å². The van der Waals surface area contributed by atoms with E-state index in [0.29, 0.717) is 4.99 Å². The van der Waals surface area contributed by atoms with E-state index in [1.165, 1.54) is 5.56 Å². The zero-order chi connectivity index (χ0) is 14.7. The third-order valence-corrected chi connectivity index (χ3v) is 3.47. The molecule has 0 saturated carbocycles. The minimum atomic E-state index is 0.376. The van der Waals surface area contributed by atoms with Crippen LogP contribution in [0.15, 0.2) is 42.5 Å². The molecule has 3 nitrogen and oxygen atoms in total. The highest BCUT2D eigenvalue weighted by Crippen LogP contribution is 2.30. The van der Waals surface area contributed by atoms with Crippen LogP contribution in [0.2, 0.25) is 0 Å². The summed E-state index contributed by atoms with van der Waals surface area (Å²) < 4.78 is 5.28. The number of hydrogen-bond acceptors (Lipinski definition) is 3. The standard InChI is InChI=1S/C16H18N2OS/c1-11-4-6-12(7-5-11)18(2)15-10-13(19-3)8-9-14(15)16(17)20/h4-10H,1-3H3,(H2,17,20). The van der Waals surface area contributed by atoms with E-state index in [1.807, 2.05) is 25.2 Å². The topological polar surface area (TPSA) is 38.5 Å². The third kappa shape index (κ3) is 2.91. The second kappa shape index (κ2) is 5.92. The first kappa shape index (κ1) is 14.3. The molecular formula is C16H18N2OS. The molecule has 0 aliphatic heterocycles. The quantitative estimate of drug-likeness (QED) is 0.874. The Kier molecular flexibility index (Phi) is 4.25. The summed E-state index contributed by atoms with van der Waals surface area (Å²) in [6.45, 7) is 2.07. The molecule has 4 heteroatoms. The van der Waals surface area contributed by atoms with E-state index in [0.717, 1.165) is 22.7 Å². The Bertz CT molecular complexity index is 623. The van der Waals surface area contributed by atoms with Gasteiger partial charge >= 0.3 is 0 Å². The van der Waals surface area contributed by atoms with E-state index >= 15 is 0 Å². The van der Waals surface area contributed by atoms with Gasteiger partial charge in [-0.15, -0.1) is 0 Å². The first-order chi connectivity index (χ1) is 9.52. The highest BCUT2D eigenvalue weighted by molar-refractivity contribution is 7.80. The molecule has 0 saturated heterocycles. The molecule has 0 amide bonds. The zero-order valence-electron chi connectivity index (χ0n) is 11.9. The van der Waals surface area contributed by atoms with Crippen molar-refractivity contribution in [3.05, 3.63) is 53.6 Å². The zero-order valence-corrected chi connectivity index (χ0v) is 12.7. The maximum Gasteiger partial charge on any atom is 0.120 e. The summed E-state index contributed by atoms with van der Waals surface area (Å²) in [4.78, 5) is 2.43. The second-order valence-corrected chi connectivity index (χ2v) is 5.08. The molecule has 2 N–H and O–H groups in total. The summed E-state index contributed by atoms with van der Waals surface area (Å²) in [5.41, 5.74) is 9.87. The molecular weight excluding hydrogens is 268 g/mol. The maximum atomic E-state index is 5.81. The number of nitrogens with two attached hydrogens (primary N) is 1. The lowest BCUT2D eigenvalue weighted by Gasteiger charge is -2.23. The van der Waals surface area contributed by atoms with Gasteiger partial charge in [0.25, 0.3) is 0 Å². The van der Waals surface area contributed by atoms with Gasteiger partial charge < -0.3 is 15.4 Å². The molecule has 2 aromatic carbocycles. The van der Waals surface area contributed by atoms with E-state index in [4.69, 9.17) is 22.7 Å². The van der Waals surface area contributed by atoms with Crippen LogP contribution in [0, 0.1) is 6.92 Å². The molecule has 0 radical (unpaired) electrons. The number of rotatable bonds is 4. The van der Waals surface area contributed by atoms with Crippen LogP contribution in [0.5, 0.6) is 5.75 Å². The fraction of sp³-hybridized carbons (Fsp3) is 0.188. The Morgan fingerprint density at radius 3 is 2.35 bits per heavy atom. The number of aryl methyl sites for hydroxylation is 1. The Balaban J connectivity index is 2.48. The lowest BCUT2D eigenvalue weighted by molar-refractivity contribution is 0.415. The molecule has 2 aromatic rings. The smallest absolute Gasteiger partial charge is 0.120 e. The van der Waals surface area contributed by atoms with Crippen molar-refractivity contribution in [2.24, 2.45) is 5.73 Å². The normalized spacial score (nSPS) is 10.2. The number of methoxy groups -OCH3 is 1. The minimum Gasteiger partial charge on any atom is -0.497 e. The first-order valence-corrected chi connectivity index (χ1v) is 6.72. The highest BCUT2D eigenvalue weighted by Gasteiger charge is 2.12. The van der Waals surface area contributed by atoms with Crippen LogP contribution in [0.3, 0.4) is 0 Å². The molecule has 0 fully saturated rings. The van der Waals surface area contributed by atoms with Crippen molar-refractivity contribution < 1.29 is 4.74 Å². The number of nitrogens with zero attached hydrogens (tertiary/aromatic N) is 1. The van der Waals surface area contributed by atoms with Crippen LogP contribution in [-0.4, -0.2) is 19.1 Å². The van der Waals surface area contributed by atoms with Crippen molar-refractivity contribution in [2.75, 3.05) is 19.1 Å². The van der Waals surface area contributed by atoms with Crippen LogP contribution >= 0.6 is 12.2 Å². The first-order valence-electron chi connectivity index (χ1n) is 6.31. The van der Waals surface area contributed by atoms with E-state index in [9.17, 15) is 0 Å². The minimum absolute atomic E-state index is 0.376. The predicted molar refractivity (Wildman–Crippen MR) is 88.1 cm³/mol. The lowest BCUT2D eigenvalue weighted by atomic mass is 10.1. The fourth-order valence-corrected chi connectivity index (χ4v) is 2.20. The summed E-state index contributed by atoms with van der Waals surface area (Å²) in [7, 11) is 3.63. The summed E-state index contributed by atoms with van der Waals surface area (Å²) in [5.74, 6) is 0.777. The molecule has 0 bridgehead atoms. The highest BCUT2D eigenvalue weighted by atomic mass is 32.1. The summed E-state index contributed by atoms with van der Waals surface area (Å²) in [6, 6.07) is 14.0. The molecule has 0 aromatic heterocycles. The van der Waals surface area contributed by atoms with E-state index < -0.39 is 0 Å². The van der Waals surface area contributed by atoms with E-state index in [-0.39, 0.29) is 0 Å². The van der Waals surface area contributed by atoms with E-state index in [1.54, 1.807) is 7.11 Å². The summed E-state index contributed by atoms with van der Waals surface area (Å²) >= 11 is 5.13. The number of anilines is 2. The van der Waals surface area contributed by atoms with Gasteiger partial charge in [0.2, 0.25) is 0 Å². The van der Waals surface area contributed by atoms with Gasteiger partial charge in [0.1, 0.15) is 10.7 Å². The SMILES string of the molecule is COc1ccc(C(N)=S)c(N(C)c2ccc(C)cc2)c1. The van der Waals surface area contributed by atoms with Crippen LogP contribution < -0.4 is 15.4 Å². The van der Waals surface area contributed by atoms with Crippen molar-refractivity contribution in [1.82, 2.24) is 0 Å². The van der Waals surface area contributed by atoms with Gasteiger partial charge in [-0.2, -0.15) is 0 Å². The van der Waals surface area contributed by atoms with Crippen LogP contribution in [0.1, 0.15) is 11.1 Å². The van der Waals surface area contributed by atoms with Gasteiger partial charge in [0.15, 0.2) is 0 Å². The fourth-order valence-electron chi connectivity index (χ4n) is 2.03. The number of benzene rings is 2. The third-order valence-electron chi connectivity index (χ3n) is 3.25. The van der Waals surface area contributed by atoms with Gasteiger partial charge in [0, 0.05) is 24.4 Å². The molecule has 104 valence electrons. The molecule has 0 heterocycles. The largest absolute Gasteiger partial charge is 0.497 e. The van der Waals surface area contributed by atoms with Crippen molar-refractivity contribution in [3.8, 4) is 5.75 Å². The van der Waals surface area contributed by atoms with Gasteiger partial charge in [0.05, 0.1) is 12.8 Å². The average molecular weight is 286 g/mol. The second-order valence-electron chi connectivity index (χ2n) is 4.64. The number of ether oxygens (including phenoxy) is 1. The van der Waals surface area contributed by atoms with Gasteiger partial charge in [-0.3, -0.25) is 0 Å². The van der Waals surface area contributed by atoms with Gasteiger partial charge in [-0.05, 0) is 31.2 Å². The van der Waals surface area contributed by atoms with Crippen molar-refractivity contribution in [2.45, 2.75) is 6.92 Å². The monoisotopic (exact) mass is 286 g/mol. The van der Waals surface area contributed by atoms with E-state index in [2.05, 4.69) is 36.1 Å². The Morgan fingerprint density at radius 1 is 1.15 bits per heavy atom. The maximum absolute atomic E-state index is 5.81. The van der Waals surface area contributed by atoms with Crippen molar-refractivity contribution >= 4 is 28.6 Å². The van der Waals surface area contributed by atoms with Crippen molar-refractivity contribution in [3.63, 3.8) is 0 Å². The summed E-state index contributed by atoms with van der Waals surface area (Å²) in [6.07, 6.45) is 0. The Hall–Kier alpha value is -2.07. The van der Waals surface area contributed by atoms with Crippen LogP contribution in [0.4, 0.5) is 11.4 Å². The predicted octanol–water partition coefficient (Wildman–Crippen LogP) is 3.41. The van der Waals surface area contributed by atoms with Crippen LogP contribution in [-0.2, 0) is 0 Å². The lowest BCUT2D eigenvalue weighted by Crippen LogP contribution is -2.17. The molecule has 0 atom stereocenters. The number of hydrogen-bond donors (Lipinski definition) is 1. The Morgan fingerprint density at radius 2 is 1.80 bits per heavy atom. The molecule has 0 unspecified atom stereocenters. The average Bonchev–Trinajstić information content (AvgIpc) is 2.46.